The summed E-state index contributed by atoms with van der Waals surface area (Å²) < 4.78 is 5.26. The number of hydrogen-bond donors (Lipinski definition) is 2. The van der Waals surface area contributed by atoms with Crippen LogP contribution in [0.1, 0.15) is 12.8 Å². The molecule has 1 aromatic rings. The van der Waals surface area contributed by atoms with E-state index in [-0.39, 0.29) is 18.6 Å². The van der Waals surface area contributed by atoms with E-state index in [1.807, 2.05) is 0 Å². The van der Waals surface area contributed by atoms with Gasteiger partial charge in [-0.25, -0.2) is 0 Å². The van der Waals surface area contributed by atoms with E-state index in [9.17, 15) is 4.79 Å². The SMILES string of the molecule is NC(CNC(=O)COc1cccnc1)C1CC1. The van der Waals surface area contributed by atoms with Gasteiger partial charge < -0.3 is 15.8 Å². The zero-order chi connectivity index (χ0) is 12.1. The number of nitrogens with zero attached hydrogens (tertiary/aromatic N) is 1. The third kappa shape index (κ3) is 4.03. The molecule has 0 saturated heterocycles. The van der Waals surface area contributed by atoms with Crippen molar-refractivity contribution in [1.29, 1.82) is 0 Å². The van der Waals surface area contributed by atoms with Crippen molar-refractivity contribution in [2.45, 2.75) is 18.9 Å². The highest BCUT2D eigenvalue weighted by Gasteiger charge is 2.28. The maximum absolute atomic E-state index is 11.5. The van der Waals surface area contributed by atoms with Crippen LogP contribution in [0.4, 0.5) is 0 Å². The van der Waals surface area contributed by atoms with Crippen LogP contribution >= 0.6 is 0 Å². The number of hydrogen-bond acceptors (Lipinski definition) is 4. The molecule has 1 atom stereocenters. The standard InChI is InChI=1S/C12H17N3O2/c13-11(9-3-4-9)7-15-12(16)8-17-10-2-1-5-14-6-10/h1-2,5-6,9,11H,3-4,7-8,13H2,(H,15,16). The normalized spacial score (nSPS) is 16.3. The molecule has 1 aromatic heterocycles. The van der Waals surface area contributed by atoms with Gasteiger partial charge in [0.2, 0.25) is 0 Å². The van der Waals surface area contributed by atoms with Gasteiger partial charge in [0.15, 0.2) is 6.61 Å². The summed E-state index contributed by atoms with van der Waals surface area (Å²) in [5.74, 6) is 1.04. The molecule has 0 spiro atoms. The fourth-order valence-electron chi connectivity index (χ4n) is 1.56. The van der Waals surface area contributed by atoms with E-state index < -0.39 is 0 Å². The van der Waals surface area contributed by atoms with Gasteiger partial charge in [-0.1, -0.05) is 0 Å². The van der Waals surface area contributed by atoms with Crippen molar-refractivity contribution in [1.82, 2.24) is 10.3 Å². The van der Waals surface area contributed by atoms with E-state index in [4.69, 9.17) is 10.5 Å². The van der Waals surface area contributed by atoms with E-state index in [0.29, 0.717) is 18.2 Å². The van der Waals surface area contributed by atoms with E-state index in [0.717, 1.165) is 0 Å². The maximum Gasteiger partial charge on any atom is 0.257 e. The zero-order valence-corrected chi connectivity index (χ0v) is 9.63. The van der Waals surface area contributed by atoms with Gasteiger partial charge in [-0.3, -0.25) is 9.78 Å². The van der Waals surface area contributed by atoms with Crippen LogP contribution in [0, 0.1) is 5.92 Å². The Hall–Kier alpha value is -1.62. The van der Waals surface area contributed by atoms with Crippen LogP contribution in [0.2, 0.25) is 0 Å². The van der Waals surface area contributed by atoms with E-state index in [1.165, 1.54) is 12.8 Å². The number of pyridine rings is 1. The van der Waals surface area contributed by atoms with Crippen LogP contribution in [-0.4, -0.2) is 30.1 Å². The lowest BCUT2D eigenvalue weighted by atomic mass is 10.2. The fourth-order valence-corrected chi connectivity index (χ4v) is 1.56. The molecule has 5 nitrogen and oxygen atoms in total. The Kier molecular flexibility index (Phi) is 3.93. The monoisotopic (exact) mass is 235 g/mol. The van der Waals surface area contributed by atoms with E-state index >= 15 is 0 Å². The summed E-state index contributed by atoms with van der Waals surface area (Å²) >= 11 is 0. The molecule has 0 aromatic carbocycles. The molecular weight excluding hydrogens is 218 g/mol. The molecule has 5 heteroatoms. The Balaban J connectivity index is 1.63. The number of amides is 1. The van der Waals surface area contributed by atoms with Crippen molar-refractivity contribution >= 4 is 5.91 Å². The van der Waals surface area contributed by atoms with Gasteiger partial charge in [-0.2, -0.15) is 0 Å². The molecule has 1 aliphatic rings. The van der Waals surface area contributed by atoms with Gasteiger partial charge in [-0.15, -0.1) is 0 Å². The minimum Gasteiger partial charge on any atom is -0.482 e. The van der Waals surface area contributed by atoms with Crippen LogP contribution in [0.5, 0.6) is 5.75 Å². The second-order valence-electron chi connectivity index (χ2n) is 4.28. The molecule has 0 bridgehead atoms. The van der Waals surface area contributed by atoms with Gasteiger partial charge in [0, 0.05) is 18.8 Å². The molecule has 0 radical (unpaired) electrons. The molecule has 3 N–H and O–H groups in total. The number of nitrogens with two attached hydrogens (primary N) is 1. The van der Waals surface area contributed by atoms with Crippen molar-refractivity contribution in [2.75, 3.05) is 13.2 Å². The quantitative estimate of drug-likeness (QED) is 0.744. The smallest absolute Gasteiger partial charge is 0.257 e. The first kappa shape index (κ1) is 11.9. The molecule has 92 valence electrons. The molecule has 17 heavy (non-hydrogen) atoms. The number of aromatic nitrogens is 1. The molecule has 1 saturated carbocycles. The third-order valence-electron chi connectivity index (χ3n) is 2.77. The van der Waals surface area contributed by atoms with Crippen molar-refractivity contribution in [3.05, 3.63) is 24.5 Å². The molecule has 1 amide bonds. The average Bonchev–Trinajstić information content (AvgIpc) is 3.19. The molecule has 1 heterocycles. The lowest BCUT2D eigenvalue weighted by molar-refractivity contribution is -0.123. The van der Waals surface area contributed by atoms with Crippen LogP contribution in [0.25, 0.3) is 0 Å². The Morgan fingerprint density at radius 3 is 3.12 bits per heavy atom. The van der Waals surface area contributed by atoms with Gasteiger partial charge in [0.1, 0.15) is 5.75 Å². The summed E-state index contributed by atoms with van der Waals surface area (Å²) in [6.45, 7) is 0.531. The van der Waals surface area contributed by atoms with Gasteiger partial charge in [0.25, 0.3) is 5.91 Å². The Morgan fingerprint density at radius 2 is 2.47 bits per heavy atom. The fraction of sp³-hybridized carbons (Fsp3) is 0.500. The van der Waals surface area contributed by atoms with E-state index in [1.54, 1.807) is 24.5 Å². The molecule has 1 aliphatic carbocycles. The van der Waals surface area contributed by atoms with Crippen molar-refractivity contribution in [3.8, 4) is 5.75 Å². The summed E-state index contributed by atoms with van der Waals surface area (Å²) in [5.41, 5.74) is 5.87. The zero-order valence-electron chi connectivity index (χ0n) is 9.63. The minimum atomic E-state index is -0.148. The highest BCUT2D eigenvalue weighted by Crippen LogP contribution is 2.31. The largest absolute Gasteiger partial charge is 0.482 e. The number of rotatable bonds is 6. The van der Waals surface area contributed by atoms with Crippen molar-refractivity contribution in [3.63, 3.8) is 0 Å². The predicted octanol–water partition coefficient (Wildman–Crippen LogP) is 0.314. The van der Waals surface area contributed by atoms with Gasteiger partial charge in [-0.05, 0) is 30.9 Å². The van der Waals surface area contributed by atoms with Gasteiger partial charge >= 0.3 is 0 Å². The topological polar surface area (TPSA) is 77.2 Å². The average molecular weight is 235 g/mol. The highest BCUT2D eigenvalue weighted by atomic mass is 16.5. The molecular formula is C12H17N3O2. The lowest BCUT2D eigenvalue weighted by Gasteiger charge is -2.11. The molecule has 1 unspecified atom stereocenters. The van der Waals surface area contributed by atoms with E-state index in [2.05, 4.69) is 10.3 Å². The van der Waals surface area contributed by atoms with Crippen molar-refractivity contribution < 1.29 is 9.53 Å². The number of ether oxygens (including phenoxy) is 1. The van der Waals surface area contributed by atoms with Crippen LogP contribution in [0.15, 0.2) is 24.5 Å². The van der Waals surface area contributed by atoms with Gasteiger partial charge in [0.05, 0.1) is 6.20 Å². The second-order valence-corrected chi connectivity index (χ2v) is 4.28. The summed E-state index contributed by atoms with van der Waals surface area (Å²) in [5, 5.41) is 2.76. The molecule has 2 rings (SSSR count). The summed E-state index contributed by atoms with van der Waals surface area (Å²) in [4.78, 5) is 15.3. The first-order valence-electron chi connectivity index (χ1n) is 5.81. The Morgan fingerprint density at radius 1 is 1.65 bits per heavy atom. The second kappa shape index (κ2) is 5.63. The maximum atomic E-state index is 11.5. The van der Waals surface area contributed by atoms with Crippen LogP contribution < -0.4 is 15.8 Å². The summed E-state index contributed by atoms with van der Waals surface area (Å²) in [6, 6.07) is 3.60. The first-order valence-corrected chi connectivity index (χ1v) is 5.81. The number of carbonyl (C=O) groups excluding carboxylic acids is 1. The summed E-state index contributed by atoms with van der Waals surface area (Å²) in [6.07, 6.45) is 5.59. The predicted molar refractivity (Wildman–Crippen MR) is 63.4 cm³/mol. The Bertz CT molecular complexity index is 365. The third-order valence-corrected chi connectivity index (χ3v) is 2.77. The lowest BCUT2D eigenvalue weighted by Crippen LogP contribution is -2.40. The van der Waals surface area contributed by atoms with Crippen molar-refractivity contribution in [2.24, 2.45) is 11.7 Å². The molecule has 1 fully saturated rings. The first-order chi connectivity index (χ1) is 8.25. The van der Waals surface area contributed by atoms with Crippen LogP contribution in [0.3, 0.4) is 0 Å². The number of carbonyl (C=O) groups is 1. The minimum absolute atomic E-state index is 0.00306. The number of nitrogens with one attached hydrogen (secondary N) is 1. The Labute approximate surface area is 100 Å². The van der Waals surface area contributed by atoms with Crippen LogP contribution in [-0.2, 0) is 4.79 Å². The summed E-state index contributed by atoms with van der Waals surface area (Å²) in [7, 11) is 0. The highest BCUT2D eigenvalue weighted by molar-refractivity contribution is 5.77. The molecule has 0 aliphatic heterocycles.